The fourth-order valence-electron chi connectivity index (χ4n) is 1.65. The van der Waals surface area contributed by atoms with Gasteiger partial charge in [-0.1, -0.05) is 26.2 Å². The molecule has 0 aromatic heterocycles. The second kappa shape index (κ2) is 8.86. The van der Waals surface area contributed by atoms with E-state index >= 15 is 0 Å². The minimum absolute atomic E-state index is 0.236. The predicted octanol–water partition coefficient (Wildman–Crippen LogP) is 3.51. The summed E-state index contributed by atoms with van der Waals surface area (Å²) in [6, 6.07) is 3.20. The second-order valence-corrected chi connectivity index (χ2v) is 4.26. The minimum Gasteiger partial charge on any atom is -0.492 e. The number of benzene rings is 1. The Bertz CT molecular complexity index is 324. The summed E-state index contributed by atoms with van der Waals surface area (Å²) in [5, 5.41) is 3.23. The normalized spacial score (nSPS) is 10.6. The van der Waals surface area contributed by atoms with Gasteiger partial charge in [0.25, 0.3) is 0 Å². The van der Waals surface area contributed by atoms with Crippen LogP contribution >= 0.6 is 0 Å². The first kappa shape index (κ1) is 14.9. The number of ether oxygens (including phenoxy) is 1. The topological polar surface area (TPSA) is 21.3 Å². The van der Waals surface area contributed by atoms with Crippen molar-refractivity contribution in [2.75, 3.05) is 19.7 Å². The first-order valence-electron chi connectivity index (χ1n) is 6.52. The standard InChI is InChI=1S/C14H21F2NO/c1-2-3-4-5-6-17-7-8-18-14-10-12(15)9-13(16)11-14/h9-11,17H,2-8H2,1H3. The van der Waals surface area contributed by atoms with E-state index < -0.39 is 11.6 Å². The number of unbranched alkanes of at least 4 members (excludes halogenated alkanes) is 3. The molecular weight excluding hydrogens is 236 g/mol. The van der Waals surface area contributed by atoms with Gasteiger partial charge in [0.1, 0.15) is 24.0 Å². The van der Waals surface area contributed by atoms with Gasteiger partial charge < -0.3 is 10.1 Å². The summed E-state index contributed by atoms with van der Waals surface area (Å²) in [7, 11) is 0. The molecule has 0 fully saturated rings. The summed E-state index contributed by atoms with van der Waals surface area (Å²) in [6.45, 7) is 4.24. The van der Waals surface area contributed by atoms with Crippen molar-refractivity contribution in [1.82, 2.24) is 5.32 Å². The molecule has 0 aliphatic heterocycles. The van der Waals surface area contributed by atoms with Gasteiger partial charge in [-0.05, 0) is 13.0 Å². The molecule has 18 heavy (non-hydrogen) atoms. The SMILES string of the molecule is CCCCCCNCCOc1cc(F)cc(F)c1. The summed E-state index contributed by atoms with van der Waals surface area (Å²) in [5.74, 6) is -0.990. The zero-order chi connectivity index (χ0) is 13.2. The highest BCUT2D eigenvalue weighted by molar-refractivity contribution is 5.23. The van der Waals surface area contributed by atoms with E-state index in [1.165, 1.54) is 31.4 Å². The van der Waals surface area contributed by atoms with Crippen LogP contribution in [0.1, 0.15) is 32.6 Å². The van der Waals surface area contributed by atoms with Crippen molar-refractivity contribution in [1.29, 1.82) is 0 Å². The number of hydrogen-bond acceptors (Lipinski definition) is 2. The molecule has 0 amide bonds. The summed E-state index contributed by atoms with van der Waals surface area (Å²) < 4.78 is 30.9. The largest absolute Gasteiger partial charge is 0.492 e. The Morgan fingerprint density at radius 1 is 1.00 bits per heavy atom. The van der Waals surface area contributed by atoms with E-state index in [9.17, 15) is 8.78 Å². The lowest BCUT2D eigenvalue weighted by Gasteiger charge is -2.07. The maximum Gasteiger partial charge on any atom is 0.129 e. The van der Waals surface area contributed by atoms with E-state index in [1.54, 1.807) is 0 Å². The lowest BCUT2D eigenvalue weighted by atomic mass is 10.2. The summed E-state index contributed by atoms with van der Waals surface area (Å²) in [6.07, 6.45) is 4.89. The lowest BCUT2D eigenvalue weighted by molar-refractivity contribution is 0.310. The first-order chi connectivity index (χ1) is 8.72. The molecule has 0 bridgehead atoms. The lowest BCUT2D eigenvalue weighted by Crippen LogP contribution is -2.22. The molecule has 0 saturated heterocycles. The van der Waals surface area contributed by atoms with Gasteiger partial charge in [-0.15, -0.1) is 0 Å². The average molecular weight is 257 g/mol. The van der Waals surface area contributed by atoms with Gasteiger partial charge in [0.05, 0.1) is 0 Å². The van der Waals surface area contributed by atoms with Gasteiger partial charge in [-0.3, -0.25) is 0 Å². The van der Waals surface area contributed by atoms with Crippen molar-refractivity contribution < 1.29 is 13.5 Å². The van der Waals surface area contributed by atoms with Crippen molar-refractivity contribution >= 4 is 0 Å². The number of halogens is 2. The Morgan fingerprint density at radius 2 is 1.72 bits per heavy atom. The van der Waals surface area contributed by atoms with Crippen LogP contribution in [0.2, 0.25) is 0 Å². The Balaban J connectivity index is 2.07. The average Bonchev–Trinajstić information content (AvgIpc) is 2.31. The van der Waals surface area contributed by atoms with Gasteiger partial charge >= 0.3 is 0 Å². The molecule has 102 valence electrons. The third-order valence-electron chi connectivity index (χ3n) is 2.59. The summed E-state index contributed by atoms with van der Waals surface area (Å²) >= 11 is 0. The molecule has 0 unspecified atom stereocenters. The van der Waals surface area contributed by atoms with Gasteiger partial charge in [-0.25, -0.2) is 8.78 Å². The van der Waals surface area contributed by atoms with E-state index in [1.807, 2.05) is 0 Å². The van der Waals surface area contributed by atoms with Crippen LogP contribution in [0.25, 0.3) is 0 Å². The van der Waals surface area contributed by atoms with E-state index in [0.29, 0.717) is 13.2 Å². The van der Waals surface area contributed by atoms with Crippen molar-refractivity contribution in [3.05, 3.63) is 29.8 Å². The molecule has 0 radical (unpaired) electrons. The van der Waals surface area contributed by atoms with Crippen molar-refractivity contribution in [2.24, 2.45) is 0 Å². The zero-order valence-electron chi connectivity index (χ0n) is 10.8. The maximum atomic E-state index is 12.8. The Morgan fingerprint density at radius 3 is 2.39 bits per heavy atom. The van der Waals surface area contributed by atoms with E-state index in [4.69, 9.17) is 4.74 Å². The van der Waals surface area contributed by atoms with Gasteiger partial charge in [0.2, 0.25) is 0 Å². The van der Waals surface area contributed by atoms with Crippen molar-refractivity contribution in [2.45, 2.75) is 32.6 Å². The van der Waals surface area contributed by atoms with Gasteiger partial charge in [0.15, 0.2) is 0 Å². The third-order valence-corrected chi connectivity index (χ3v) is 2.59. The highest BCUT2D eigenvalue weighted by atomic mass is 19.1. The number of nitrogens with one attached hydrogen (secondary N) is 1. The van der Waals surface area contributed by atoms with Crippen LogP contribution in [0.4, 0.5) is 8.78 Å². The predicted molar refractivity (Wildman–Crippen MR) is 68.9 cm³/mol. The van der Waals surface area contributed by atoms with Crippen LogP contribution in [0.15, 0.2) is 18.2 Å². The molecule has 1 N–H and O–H groups in total. The van der Waals surface area contributed by atoms with Crippen molar-refractivity contribution in [3.63, 3.8) is 0 Å². The Kier molecular flexibility index (Phi) is 7.34. The molecule has 0 saturated carbocycles. The molecule has 1 aromatic carbocycles. The summed E-state index contributed by atoms with van der Waals surface area (Å²) in [5.41, 5.74) is 0. The highest BCUT2D eigenvalue weighted by Gasteiger charge is 2.00. The molecule has 1 rings (SSSR count). The fraction of sp³-hybridized carbons (Fsp3) is 0.571. The molecular formula is C14H21F2NO. The minimum atomic E-state index is -0.613. The molecule has 4 heteroatoms. The van der Waals surface area contributed by atoms with Crippen LogP contribution in [0, 0.1) is 11.6 Å². The Hall–Kier alpha value is -1.16. The second-order valence-electron chi connectivity index (χ2n) is 4.26. The molecule has 0 spiro atoms. The molecule has 1 aromatic rings. The van der Waals surface area contributed by atoms with E-state index in [2.05, 4.69) is 12.2 Å². The van der Waals surface area contributed by atoms with Crippen molar-refractivity contribution in [3.8, 4) is 5.75 Å². The van der Waals surface area contributed by atoms with Gasteiger partial charge in [-0.2, -0.15) is 0 Å². The molecule has 0 heterocycles. The van der Waals surface area contributed by atoms with Crippen LogP contribution in [0.5, 0.6) is 5.75 Å². The smallest absolute Gasteiger partial charge is 0.129 e. The first-order valence-corrected chi connectivity index (χ1v) is 6.52. The third kappa shape index (κ3) is 6.55. The summed E-state index contributed by atoms with van der Waals surface area (Å²) in [4.78, 5) is 0. The van der Waals surface area contributed by atoms with Crippen LogP contribution in [-0.4, -0.2) is 19.7 Å². The molecule has 0 atom stereocenters. The monoisotopic (exact) mass is 257 g/mol. The maximum absolute atomic E-state index is 12.8. The quantitative estimate of drug-likeness (QED) is 0.683. The fourth-order valence-corrected chi connectivity index (χ4v) is 1.65. The Labute approximate surface area is 107 Å². The van der Waals surface area contributed by atoms with Crippen LogP contribution < -0.4 is 10.1 Å². The van der Waals surface area contributed by atoms with E-state index in [0.717, 1.165) is 19.0 Å². The van der Waals surface area contributed by atoms with E-state index in [-0.39, 0.29) is 5.75 Å². The van der Waals surface area contributed by atoms with Crippen LogP contribution in [0.3, 0.4) is 0 Å². The number of hydrogen-bond donors (Lipinski definition) is 1. The van der Waals surface area contributed by atoms with Gasteiger partial charge in [0, 0.05) is 24.7 Å². The zero-order valence-corrected chi connectivity index (χ0v) is 10.8. The molecule has 0 aliphatic rings. The highest BCUT2D eigenvalue weighted by Crippen LogP contribution is 2.14. The van der Waals surface area contributed by atoms with Crippen LogP contribution in [-0.2, 0) is 0 Å². The number of rotatable bonds is 9. The molecule has 0 aliphatic carbocycles. The molecule has 2 nitrogen and oxygen atoms in total.